The van der Waals surface area contributed by atoms with Crippen LogP contribution < -0.4 is 5.32 Å². The number of aryl methyl sites for hydroxylation is 3. The minimum absolute atomic E-state index is 0.206. The Morgan fingerprint density at radius 2 is 2.06 bits per heavy atom. The van der Waals surface area contributed by atoms with E-state index in [-0.39, 0.29) is 5.91 Å². The largest absolute Gasteiger partial charge is 0.466 e. The van der Waals surface area contributed by atoms with Gasteiger partial charge in [-0.3, -0.25) is 4.79 Å². The van der Waals surface area contributed by atoms with Crippen molar-refractivity contribution in [3.05, 3.63) is 45.4 Å². The molecule has 2 rings (SSSR count). The molecule has 0 aliphatic heterocycles. The number of carbonyl (C=O) groups is 1. The van der Waals surface area contributed by atoms with Crippen molar-refractivity contribution in [1.82, 2.24) is 4.98 Å². The molecule has 94 valence electrons. The Morgan fingerprint density at radius 1 is 1.33 bits per heavy atom. The van der Waals surface area contributed by atoms with Gasteiger partial charge in [0, 0.05) is 10.7 Å². The van der Waals surface area contributed by atoms with Crippen LogP contribution in [-0.2, 0) is 0 Å². The van der Waals surface area contributed by atoms with Gasteiger partial charge in [0.05, 0.1) is 5.56 Å². The maximum Gasteiger partial charge on any atom is 0.260 e. The molecule has 18 heavy (non-hydrogen) atoms. The molecule has 0 atom stereocenters. The molecule has 0 fully saturated rings. The monoisotopic (exact) mass is 308 g/mol. The topological polar surface area (TPSA) is 55.1 Å². The number of anilines is 1. The first kappa shape index (κ1) is 12.8. The summed E-state index contributed by atoms with van der Waals surface area (Å²) in [4.78, 5) is 16.2. The Labute approximate surface area is 114 Å². The van der Waals surface area contributed by atoms with Gasteiger partial charge in [-0.1, -0.05) is 0 Å². The molecular formula is C13H13BrN2O2. The Bertz CT molecular complexity index is 605. The van der Waals surface area contributed by atoms with Crippen molar-refractivity contribution in [2.75, 3.05) is 5.32 Å². The molecule has 0 saturated carbocycles. The minimum atomic E-state index is -0.206. The van der Waals surface area contributed by atoms with E-state index in [1.165, 1.54) is 0 Å². The molecule has 4 nitrogen and oxygen atoms in total. The lowest BCUT2D eigenvalue weighted by atomic mass is 10.2. The highest BCUT2D eigenvalue weighted by Crippen LogP contribution is 2.19. The number of amides is 1. The van der Waals surface area contributed by atoms with Crippen LogP contribution in [0.3, 0.4) is 0 Å². The maximum atomic E-state index is 12.1. The quantitative estimate of drug-likeness (QED) is 0.922. The highest BCUT2D eigenvalue weighted by molar-refractivity contribution is 9.10. The van der Waals surface area contributed by atoms with Gasteiger partial charge >= 0.3 is 0 Å². The van der Waals surface area contributed by atoms with Gasteiger partial charge in [-0.2, -0.15) is 0 Å². The molecule has 0 saturated heterocycles. The van der Waals surface area contributed by atoms with E-state index in [4.69, 9.17) is 4.42 Å². The van der Waals surface area contributed by atoms with Crippen LogP contribution in [0.4, 0.5) is 5.82 Å². The first-order chi connectivity index (χ1) is 8.47. The lowest BCUT2D eigenvalue weighted by molar-refractivity contribution is 0.102. The van der Waals surface area contributed by atoms with Crippen molar-refractivity contribution in [3.63, 3.8) is 0 Å². The average molecular weight is 309 g/mol. The van der Waals surface area contributed by atoms with Gasteiger partial charge in [-0.25, -0.2) is 4.98 Å². The molecule has 1 N–H and O–H groups in total. The van der Waals surface area contributed by atoms with Crippen molar-refractivity contribution in [3.8, 4) is 0 Å². The van der Waals surface area contributed by atoms with Crippen LogP contribution in [0.2, 0.25) is 0 Å². The molecule has 0 aliphatic rings. The molecule has 0 aromatic carbocycles. The second-order valence-electron chi connectivity index (χ2n) is 4.10. The van der Waals surface area contributed by atoms with Gasteiger partial charge < -0.3 is 9.73 Å². The third-order valence-electron chi connectivity index (χ3n) is 2.56. The summed E-state index contributed by atoms with van der Waals surface area (Å²) < 4.78 is 6.22. The number of carbonyl (C=O) groups excluding carboxylic acids is 1. The Balaban J connectivity index is 2.24. The molecule has 2 aromatic heterocycles. The Morgan fingerprint density at radius 3 is 2.61 bits per heavy atom. The summed E-state index contributed by atoms with van der Waals surface area (Å²) in [6.45, 7) is 5.47. The van der Waals surface area contributed by atoms with E-state index in [1.807, 2.05) is 19.9 Å². The molecule has 0 radical (unpaired) electrons. The molecular weight excluding hydrogens is 296 g/mol. The van der Waals surface area contributed by atoms with Crippen LogP contribution in [0.15, 0.2) is 27.2 Å². The van der Waals surface area contributed by atoms with Gasteiger partial charge in [0.2, 0.25) is 0 Å². The van der Waals surface area contributed by atoms with Crippen molar-refractivity contribution >= 4 is 27.7 Å². The van der Waals surface area contributed by atoms with E-state index < -0.39 is 0 Å². The highest BCUT2D eigenvalue weighted by atomic mass is 79.9. The smallest absolute Gasteiger partial charge is 0.260 e. The standard InChI is InChI=1S/C13H13BrN2O2/c1-7-4-10(14)6-15-12(7)16-13(17)11-5-8(2)18-9(11)3/h4-6H,1-3H3,(H,15,16,17). The second kappa shape index (κ2) is 4.94. The van der Waals surface area contributed by atoms with E-state index in [0.717, 1.165) is 15.8 Å². The third-order valence-corrected chi connectivity index (χ3v) is 3.00. The molecule has 1 amide bonds. The van der Waals surface area contributed by atoms with Crippen molar-refractivity contribution < 1.29 is 9.21 Å². The zero-order chi connectivity index (χ0) is 13.3. The molecule has 0 aliphatic carbocycles. The average Bonchev–Trinajstić information content (AvgIpc) is 2.62. The minimum Gasteiger partial charge on any atom is -0.466 e. The molecule has 2 heterocycles. The Kier molecular flexibility index (Phi) is 3.52. The normalized spacial score (nSPS) is 10.4. The number of hydrogen-bond donors (Lipinski definition) is 1. The van der Waals surface area contributed by atoms with Gasteiger partial charge in [0.15, 0.2) is 0 Å². The number of halogens is 1. The van der Waals surface area contributed by atoms with E-state index >= 15 is 0 Å². The second-order valence-corrected chi connectivity index (χ2v) is 5.02. The van der Waals surface area contributed by atoms with Crippen LogP contribution in [-0.4, -0.2) is 10.9 Å². The predicted octanol–water partition coefficient (Wildman–Crippen LogP) is 3.61. The first-order valence-corrected chi connectivity index (χ1v) is 6.27. The Hall–Kier alpha value is -1.62. The number of aromatic nitrogens is 1. The molecule has 0 unspecified atom stereocenters. The summed E-state index contributed by atoms with van der Waals surface area (Å²) in [7, 11) is 0. The van der Waals surface area contributed by atoms with Crippen LogP contribution in [0.5, 0.6) is 0 Å². The van der Waals surface area contributed by atoms with Crippen LogP contribution >= 0.6 is 15.9 Å². The fourth-order valence-electron chi connectivity index (χ4n) is 1.70. The SMILES string of the molecule is Cc1cc(C(=O)Nc2ncc(Br)cc2C)c(C)o1. The number of hydrogen-bond acceptors (Lipinski definition) is 3. The maximum absolute atomic E-state index is 12.1. The van der Waals surface area contributed by atoms with Crippen molar-refractivity contribution in [2.24, 2.45) is 0 Å². The highest BCUT2D eigenvalue weighted by Gasteiger charge is 2.14. The summed E-state index contributed by atoms with van der Waals surface area (Å²) in [5.41, 5.74) is 1.44. The van der Waals surface area contributed by atoms with E-state index in [1.54, 1.807) is 19.2 Å². The van der Waals surface area contributed by atoms with Crippen LogP contribution in [0.1, 0.15) is 27.4 Å². The van der Waals surface area contributed by atoms with Crippen molar-refractivity contribution in [2.45, 2.75) is 20.8 Å². The first-order valence-electron chi connectivity index (χ1n) is 5.48. The van der Waals surface area contributed by atoms with Gasteiger partial charge in [0.1, 0.15) is 17.3 Å². The summed E-state index contributed by atoms with van der Waals surface area (Å²) in [6, 6.07) is 3.62. The van der Waals surface area contributed by atoms with Crippen LogP contribution in [0.25, 0.3) is 0 Å². The number of pyridine rings is 1. The number of nitrogens with zero attached hydrogens (tertiary/aromatic N) is 1. The fraction of sp³-hybridized carbons (Fsp3) is 0.231. The third kappa shape index (κ3) is 2.61. The summed E-state index contributed by atoms with van der Waals surface area (Å²) in [5.74, 6) is 1.68. The molecule has 5 heteroatoms. The zero-order valence-corrected chi connectivity index (χ0v) is 12.0. The van der Waals surface area contributed by atoms with E-state index in [9.17, 15) is 4.79 Å². The summed E-state index contributed by atoms with van der Waals surface area (Å²) in [6.07, 6.45) is 1.65. The van der Waals surface area contributed by atoms with Crippen molar-refractivity contribution in [1.29, 1.82) is 0 Å². The fourth-order valence-corrected chi connectivity index (χ4v) is 2.15. The lowest BCUT2D eigenvalue weighted by Gasteiger charge is -2.06. The molecule has 0 bridgehead atoms. The lowest BCUT2D eigenvalue weighted by Crippen LogP contribution is -2.14. The number of furan rings is 1. The molecule has 2 aromatic rings. The van der Waals surface area contributed by atoms with Gasteiger partial charge in [-0.15, -0.1) is 0 Å². The number of nitrogens with one attached hydrogen (secondary N) is 1. The number of rotatable bonds is 2. The van der Waals surface area contributed by atoms with Gasteiger partial charge in [0.25, 0.3) is 5.91 Å². The molecule has 0 spiro atoms. The van der Waals surface area contributed by atoms with E-state index in [2.05, 4.69) is 26.2 Å². The summed E-state index contributed by atoms with van der Waals surface area (Å²) >= 11 is 3.33. The summed E-state index contributed by atoms with van der Waals surface area (Å²) in [5, 5.41) is 2.78. The zero-order valence-electron chi connectivity index (χ0n) is 10.4. The van der Waals surface area contributed by atoms with E-state index in [0.29, 0.717) is 17.1 Å². The predicted molar refractivity (Wildman–Crippen MR) is 72.8 cm³/mol. The van der Waals surface area contributed by atoms with Crippen LogP contribution in [0, 0.1) is 20.8 Å². The van der Waals surface area contributed by atoms with Gasteiger partial charge in [-0.05, 0) is 54.4 Å².